The number of carbonyl (C=O) groups is 2. The van der Waals surface area contributed by atoms with Gasteiger partial charge in [0, 0.05) is 36.8 Å². The third-order valence-electron chi connectivity index (χ3n) is 6.70. The van der Waals surface area contributed by atoms with E-state index in [0.717, 1.165) is 24.0 Å². The Labute approximate surface area is 227 Å². The predicted octanol–water partition coefficient (Wildman–Crippen LogP) is 5.00. The third-order valence-corrected chi connectivity index (χ3v) is 6.70. The van der Waals surface area contributed by atoms with E-state index in [1.54, 1.807) is 29.2 Å². The van der Waals surface area contributed by atoms with Crippen molar-refractivity contribution < 1.29 is 14.7 Å². The van der Waals surface area contributed by atoms with Gasteiger partial charge in [-0.25, -0.2) is 0 Å². The summed E-state index contributed by atoms with van der Waals surface area (Å²) in [5.41, 5.74) is 3.09. The Morgan fingerprint density at radius 1 is 0.868 bits per heavy atom. The van der Waals surface area contributed by atoms with E-state index < -0.39 is 12.1 Å². The second-order valence-corrected chi connectivity index (χ2v) is 9.70. The highest BCUT2D eigenvalue weighted by atomic mass is 16.3. The molecule has 3 N–H and O–H groups in total. The fourth-order valence-electron chi connectivity index (χ4n) is 4.56. The van der Waals surface area contributed by atoms with Crippen LogP contribution in [-0.4, -0.2) is 53.6 Å². The van der Waals surface area contributed by atoms with Crippen molar-refractivity contribution in [3.8, 4) is 0 Å². The van der Waals surface area contributed by atoms with Crippen molar-refractivity contribution in [2.75, 3.05) is 19.6 Å². The van der Waals surface area contributed by atoms with Gasteiger partial charge >= 0.3 is 0 Å². The molecule has 0 unspecified atom stereocenters. The summed E-state index contributed by atoms with van der Waals surface area (Å²) in [6.07, 6.45) is 1.30. The molecule has 6 nitrogen and oxygen atoms in total. The zero-order valence-electron chi connectivity index (χ0n) is 22.8. The van der Waals surface area contributed by atoms with Crippen molar-refractivity contribution in [1.82, 2.24) is 15.5 Å². The zero-order chi connectivity index (χ0) is 27.3. The normalized spacial score (nSPS) is 13.4. The predicted molar refractivity (Wildman–Crippen MR) is 153 cm³/mol. The van der Waals surface area contributed by atoms with Gasteiger partial charge < -0.3 is 20.6 Å². The largest absolute Gasteiger partial charge is 0.390 e. The fraction of sp³-hybridized carbons (Fsp3) is 0.375. The van der Waals surface area contributed by atoms with Gasteiger partial charge in [-0.05, 0) is 55.5 Å². The van der Waals surface area contributed by atoms with Gasteiger partial charge in [-0.3, -0.25) is 9.59 Å². The molecule has 0 aromatic heterocycles. The van der Waals surface area contributed by atoms with Gasteiger partial charge in [-0.15, -0.1) is 0 Å². The molecule has 2 amide bonds. The highest BCUT2D eigenvalue weighted by molar-refractivity contribution is 5.99. The molecule has 0 saturated carbocycles. The SMILES string of the molecule is CCCNC(=O)c1cccc(C(=O)N(CCC)[C@@H](Cc2ccccc2)[C@H](O)CN[C@H](C)c2ccccc2)c1. The van der Waals surface area contributed by atoms with Crippen LogP contribution in [0.25, 0.3) is 0 Å². The third kappa shape index (κ3) is 8.27. The van der Waals surface area contributed by atoms with E-state index in [1.165, 1.54) is 0 Å². The Morgan fingerprint density at radius 3 is 2.18 bits per heavy atom. The molecular formula is C32H41N3O3. The summed E-state index contributed by atoms with van der Waals surface area (Å²) in [6, 6.07) is 26.5. The van der Waals surface area contributed by atoms with Crippen molar-refractivity contribution >= 4 is 11.8 Å². The van der Waals surface area contributed by atoms with Crippen LogP contribution >= 0.6 is 0 Å². The topological polar surface area (TPSA) is 81.7 Å². The van der Waals surface area contributed by atoms with E-state index in [4.69, 9.17) is 0 Å². The Kier molecular flexibility index (Phi) is 11.5. The molecule has 3 aromatic rings. The molecule has 0 spiro atoms. The molecule has 202 valence electrons. The fourth-order valence-corrected chi connectivity index (χ4v) is 4.56. The summed E-state index contributed by atoms with van der Waals surface area (Å²) in [5, 5.41) is 17.8. The second kappa shape index (κ2) is 15.1. The molecule has 6 heteroatoms. The van der Waals surface area contributed by atoms with Crippen LogP contribution in [0, 0.1) is 0 Å². The molecule has 3 aromatic carbocycles. The molecule has 0 aliphatic heterocycles. The molecule has 0 aliphatic carbocycles. The molecule has 3 rings (SSSR count). The molecule has 0 bridgehead atoms. The lowest BCUT2D eigenvalue weighted by molar-refractivity contribution is 0.0347. The van der Waals surface area contributed by atoms with E-state index >= 15 is 0 Å². The lowest BCUT2D eigenvalue weighted by Crippen LogP contribution is -2.52. The number of nitrogens with zero attached hydrogens (tertiary/aromatic N) is 1. The van der Waals surface area contributed by atoms with Crippen molar-refractivity contribution in [3.05, 3.63) is 107 Å². The van der Waals surface area contributed by atoms with Gasteiger partial charge in [-0.1, -0.05) is 80.6 Å². The Hall–Kier alpha value is -3.48. The number of nitrogens with one attached hydrogen (secondary N) is 2. The smallest absolute Gasteiger partial charge is 0.254 e. The maximum atomic E-state index is 13.9. The second-order valence-electron chi connectivity index (χ2n) is 9.70. The molecule has 38 heavy (non-hydrogen) atoms. The minimum Gasteiger partial charge on any atom is -0.390 e. The Bertz CT molecular complexity index is 1140. The van der Waals surface area contributed by atoms with Crippen molar-refractivity contribution in [2.24, 2.45) is 0 Å². The van der Waals surface area contributed by atoms with Crippen LogP contribution in [-0.2, 0) is 6.42 Å². The lowest BCUT2D eigenvalue weighted by Gasteiger charge is -2.36. The number of benzene rings is 3. The summed E-state index contributed by atoms with van der Waals surface area (Å²) < 4.78 is 0. The van der Waals surface area contributed by atoms with Crippen molar-refractivity contribution in [3.63, 3.8) is 0 Å². The van der Waals surface area contributed by atoms with Gasteiger partial charge in [0.15, 0.2) is 0 Å². The lowest BCUT2D eigenvalue weighted by atomic mass is 9.97. The van der Waals surface area contributed by atoms with Crippen molar-refractivity contribution in [1.29, 1.82) is 0 Å². The summed E-state index contributed by atoms with van der Waals surface area (Å²) in [6.45, 7) is 7.50. The number of aliphatic hydroxyl groups excluding tert-OH is 1. The van der Waals surface area contributed by atoms with Gasteiger partial charge in [0.05, 0.1) is 12.1 Å². The van der Waals surface area contributed by atoms with Crippen LogP contribution in [0.3, 0.4) is 0 Å². The highest BCUT2D eigenvalue weighted by Gasteiger charge is 2.31. The number of hydrogen-bond donors (Lipinski definition) is 3. The molecule has 0 heterocycles. The maximum Gasteiger partial charge on any atom is 0.254 e. The quantitative estimate of drug-likeness (QED) is 0.282. The number of rotatable bonds is 14. The molecule has 0 saturated heterocycles. The minimum absolute atomic E-state index is 0.0527. The molecule has 0 fully saturated rings. The first-order chi connectivity index (χ1) is 18.4. The van der Waals surface area contributed by atoms with Gasteiger partial charge in [0.1, 0.15) is 0 Å². The average Bonchev–Trinajstić information content (AvgIpc) is 2.97. The van der Waals surface area contributed by atoms with E-state index in [1.807, 2.05) is 62.4 Å². The number of hydrogen-bond acceptors (Lipinski definition) is 4. The van der Waals surface area contributed by atoms with Gasteiger partial charge in [0.2, 0.25) is 0 Å². The number of aliphatic hydroxyl groups is 1. The monoisotopic (exact) mass is 515 g/mol. The summed E-state index contributed by atoms with van der Waals surface area (Å²) in [4.78, 5) is 28.2. The van der Waals surface area contributed by atoms with Gasteiger partial charge in [-0.2, -0.15) is 0 Å². The first-order valence-electron chi connectivity index (χ1n) is 13.6. The number of carbonyl (C=O) groups excluding carboxylic acids is 2. The van der Waals surface area contributed by atoms with Crippen molar-refractivity contribution in [2.45, 2.75) is 58.2 Å². The summed E-state index contributed by atoms with van der Waals surface area (Å²) in [7, 11) is 0. The highest BCUT2D eigenvalue weighted by Crippen LogP contribution is 2.19. The first kappa shape index (κ1) is 29.1. The maximum absolute atomic E-state index is 13.9. The standard InChI is InChI=1S/C32H41N3O3/c1-4-19-33-31(37)27-17-12-18-28(22-27)32(38)35(20-5-2)29(21-25-13-8-6-9-14-25)30(36)23-34-24(3)26-15-10-7-11-16-26/h6-18,22,24,29-30,34,36H,4-5,19-21,23H2,1-3H3,(H,33,37)/t24-,29+,30-/m1/s1. The van der Waals surface area contributed by atoms with Crippen LogP contribution in [0.4, 0.5) is 0 Å². The van der Waals surface area contributed by atoms with Crippen LogP contribution < -0.4 is 10.6 Å². The molecule has 3 atom stereocenters. The average molecular weight is 516 g/mol. The summed E-state index contributed by atoms with van der Waals surface area (Å²) in [5.74, 6) is -0.378. The Morgan fingerprint density at radius 2 is 1.53 bits per heavy atom. The number of amides is 2. The minimum atomic E-state index is -0.798. The molecule has 0 aliphatic rings. The van der Waals surface area contributed by atoms with Gasteiger partial charge in [0.25, 0.3) is 11.8 Å². The van der Waals surface area contributed by atoms with Crippen LogP contribution in [0.1, 0.15) is 71.5 Å². The molecular weight excluding hydrogens is 474 g/mol. The van der Waals surface area contributed by atoms with Crippen LogP contribution in [0.2, 0.25) is 0 Å². The van der Waals surface area contributed by atoms with Crippen LogP contribution in [0.5, 0.6) is 0 Å². The Balaban J connectivity index is 1.85. The van der Waals surface area contributed by atoms with E-state index in [0.29, 0.717) is 37.2 Å². The van der Waals surface area contributed by atoms with E-state index in [-0.39, 0.29) is 17.9 Å². The zero-order valence-corrected chi connectivity index (χ0v) is 22.8. The first-order valence-corrected chi connectivity index (χ1v) is 13.6. The summed E-state index contributed by atoms with van der Waals surface area (Å²) >= 11 is 0. The van der Waals surface area contributed by atoms with E-state index in [2.05, 4.69) is 29.7 Å². The molecule has 0 radical (unpaired) electrons. The van der Waals surface area contributed by atoms with Crippen LogP contribution in [0.15, 0.2) is 84.9 Å². The van der Waals surface area contributed by atoms with E-state index in [9.17, 15) is 14.7 Å².